The van der Waals surface area contributed by atoms with Gasteiger partial charge in [0.05, 0.1) is 20.6 Å². The van der Waals surface area contributed by atoms with Gasteiger partial charge in [-0.2, -0.15) is 0 Å². The fraction of sp³-hybridized carbons (Fsp3) is 0.333. The van der Waals surface area contributed by atoms with Crippen LogP contribution in [0.1, 0.15) is 12.0 Å². The van der Waals surface area contributed by atoms with E-state index in [1.807, 2.05) is 24.3 Å². The first-order valence-corrected chi connectivity index (χ1v) is 9.68. The molecule has 3 nitrogen and oxygen atoms in total. The molecule has 142 valence electrons. The van der Waals surface area contributed by atoms with Gasteiger partial charge in [-0.05, 0) is 23.4 Å². The van der Waals surface area contributed by atoms with Crippen molar-refractivity contribution in [2.24, 2.45) is 0 Å². The van der Waals surface area contributed by atoms with Gasteiger partial charge in [0, 0.05) is 11.8 Å². The zero-order valence-electron chi connectivity index (χ0n) is 16.3. The fourth-order valence-corrected chi connectivity index (χ4v) is 3.58. The highest BCUT2D eigenvalue weighted by Crippen LogP contribution is 2.25. The number of fused-ring (bicyclic) bond motifs is 1. The molecular weight excluding hydrogens is 334 g/mol. The molecule has 3 aromatic carbocycles. The number of nitrogens with zero attached hydrogens (tertiary/aromatic N) is 1. The summed E-state index contributed by atoms with van der Waals surface area (Å²) in [5, 5.41) is 12.7. The number of benzene rings is 3. The van der Waals surface area contributed by atoms with Gasteiger partial charge < -0.3 is 14.3 Å². The molecule has 1 atom stereocenters. The number of aliphatic hydroxyl groups is 1. The maximum atomic E-state index is 10.5. The fourth-order valence-electron chi connectivity index (χ4n) is 3.58. The molecule has 3 rings (SSSR count). The second-order valence-corrected chi connectivity index (χ2v) is 7.87. The van der Waals surface area contributed by atoms with Crippen molar-refractivity contribution in [2.75, 3.05) is 33.8 Å². The van der Waals surface area contributed by atoms with Crippen LogP contribution in [-0.2, 0) is 6.42 Å². The third kappa shape index (κ3) is 5.81. The average molecular weight is 365 g/mol. The summed E-state index contributed by atoms with van der Waals surface area (Å²) in [7, 11) is 4.35. The Bertz CT molecular complexity index is 840. The first kappa shape index (κ1) is 19.4. The number of aryl methyl sites for hydroxylation is 1. The van der Waals surface area contributed by atoms with E-state index >= 15 is 0 Å². The van der Waals surface area contributed by atoms with Gasteiger partial charge >= 0.3 is 0 Å². The number of hydrogen-bond acceptors (Lipinski definition) is 2. The van der Waals surface area contributed by atoms with E-state index in [-0.39, 0.29) is 0 Å². The standard InChI is InChI=1S/C24H30NO2/c1-25(2,17-9-12-20-10-4-3-5-11-20)18-22(26)19-27-24-16-8-14-21-13-6-7-15-23(21)24/h3-8,10-11,13-16,22,26H,9,12,17-19H2,1-2H3/q+1. The summed E-state index contributed by atoms with van der Waals surface area (Å²) in [6, 6.07) is 24.8. The first-order valence-electron chi connectivity index (χ1n) is 9.68. The van der Waals surface area contributed by atoms with Gasteiger partial charge in [-0.1, -0.05) is 66.7 Å². The molecule has 1 N–H and O–H groups in total. The van der Waals surface area contributed by atoms with Crippen molar-refractivity contribution in [3.05, 3.63) is 78.4 Å². The Kier molecular flexibility index (Phi) is 6.49. The van der Waals surface area contributed by atoms with E-state index in [1.165, 1.54) is 5.56 Å². The highest BCUT2D eigenvalue weighted by molar-refractivity contribution is 5.88. The van der Waals surface area contributed by atoms with E-state index in [2.05, 4.69) is 62.6 Å². The molecule has 0 saturated heterocycles. The Morgan fingerprint density at radius 1 is 0.889 bits per heavy atom. The van der Waals surface area contributed by atoms with Crippen LogP contribution < -0.4 is 4.74 Å². The molecule has 0 radical (unpaired) electrons. The minimum Gasteiger partial charge on any atom is -0.490 e. The predicted octanol–water partition coefficient (Wildman–Crippen LogP) is 4.29. The van der Waals surface area contributed by atoms with Crippen molar-refractivity contribution < 1.29 is 14.3 Å². The minimum absolute atomic E-state index is 0.314. The molecule has 0 aliphatic carbocycles. The topological polar surface area (TPSA) is 29.5 Å². The van der Waals surface area contributed by atoms with Gasteiger partial charge in [0.15, 0.2) is 0 Å². The quantitative estimate of drug-likeness (QED) is 0.574. The minimum atomic E-state index is -0.490. The SMILES string of the molecule is C[N+](C)(CCCc1ccccc1)CC(O)COc1cccc2ccccc12. The number of aliphatic hydroxyl groups excluding tert-OH is 1. The zero-order chi connectivity index (χ0) is 19.1. The molecule has 27 heavy (non-hydrogen) atoms. The first-order chi connectivity index (χ1) is 13.0. The molecule has 3 aromatic rings. The van der Waals surface area contributed by atoms with Crippen molar-refractivity contribution >= 4 is 10.8 Å². The smallest absolute Gasteiger partial charge is 0.137 e. The number of ether oxygens (including phenoxy) is 1. The van der Waals surface area contributed by atoms with Crippen molar-refractivity contribution in [3.8, 4) is 5.75 Å². The van der Waals surface area contributed by atoms with Gasteiger partial charge in [0.2, 0.25) is 0 Å². The van der Waals surface area contributed by atoms with E-state index in [1.54, 1.807) is 0 Å². The maximum Gasteiger partial charge on any atom is 0.137 e. The van der Waals surface area contributed by atoms with E-state index in [0.29, 0.717) is 13.2 Å². The zero-order valence-corrected chi connectivity index (χ0v) is 16.3. The van der Waals surface area contributed by atoms with Crippen LogP contribution >= 0.6 is 0 Å². The summed E-state index contributed by atoms with van der Waals surface area (Å²) in [6.45, 7) is 2.02. The summed E-state index contributed by atoms with van der Waals surface area (Å²) in [4.78, 5) is 0. The van der Waals surface area contributed by atoms with E-state index in [0.717, 1.165) is 40.4 Å². The Hall–Kier alpha value is -2.36. The largest absolute Gasteiger partial charge is 0.490 e. The van der Waals surface area contributed by atoms with Crippen LogP contribution in [0.25, 0.3) is 10.8 Å². The summed E-state index contributed by atoms with van der Waals surface area (Å²) in [5.74, 6) is 0.835. The lowest BCUT2D eigenvalue weighted by atomic mass is 10.1. The van der Waals surface area contributed by atoms with Crippen molar-refractivity contribution in [3.63, 3.8) is 0 Å². The van der Waals surface area contributed by atoms with Crippen LogP contribution in [0.2, 0.25) is 0 Å². The van der Waals surface area contributed by atoms with Crippen LogP contribution in [0.15, 0.2) is 72.8 Å². The van der Waals surface area contributed by atoms with Crippen LogP contribution in [0, 0.1) is 0 Å². The Morgan fingerprint density at radius 2 is 1.59 bits per heavy atom. The molecule has 3 heteroatoms. The Balaban J connectivity index is 1.48. The third-order valence-electron chi connectivity index (χ3n) is 4.96. The third-order valence-corrected chi connectivity index (χ3v) is 4.96. The van der Waals surface area contributed by atoms with Gasteiger partial charge in [-0.3, -0.25) is 0 Å². The molecule has 1 unspecified atom stereocenters. The predicted molar refractivity (Wildman–Crippen MR) is 112 cm³/mol. The molecule has 0 spiro atoms. The van der Waals surface area contributed by atoms with Crippen molar-refractivity contribution in [1.29, 1.82) is 0 Å². The second kappa shape index (κ2) is 9.03. The van der Waals surface area contributed by atoms with Crippen LogP contribution in [-0.4, -0.2) is 49.5 Å². The van der Waals surface area contributed by atoms with E-state index in [4.69, 9.17) is 4.74 Å². The summed E-state index contributed by atoms with van der Waals surface area (Å²) in [5.41, 5.74) is 1.37. The van der Waals surface area contributed by atoms with Crippen LogP contribution in [0.5, 0.6) is 5.75 Å². The van der Waals surface area contributed by atoms with E-state index in [9.17, 15) is 5.11 Å². The van der Waals surface area contributed by atoms with Gasteiger partial charge in [0.1, 0.15) is 25.0 Å². The van der Waals surface area contributed by atoms with Gasteiger partial charge in [-0.25, -0.2) is 0 Å². The molecule has 0 fully saturated rings. The number of likely N-dealkylation sites (N-methyl/N-ethyl adjacent to an activating group) is 1. The lowest BCUT2D eigenvalue weighted by Crippen LogP contribution is -2.47. The average Bonchev–Trinajstić information content (AvgIpc) is 2.66. The lowest BCUT2D eigenvalue weighted by Gasteiger charge is -2.32. The monoisotopic (exact) mass is 364 g/mol. The van der Waals surface area contributed by atoms with Crippen LogP contribution in [0.3, 0.4) is 0 Å². The Labute approximate surface area is 162 Å². The molecule has 0 aliphatic heterocycles. The number of hydrogen-bond donors (Lipinski definition) is 1. The number of quaternary nitrogens is 1. The van der Waals surface area contributed by atoms with Gasteiger partial charge in [-0.15, -0.1) is 0 Å². The van der Waals surface area contributed by atoms with Crippen molar-refractivity contribution in [1.82, 2.24) is 0 Å². The normalized spacial score (nSPS) is 12.9. The molecule has 0 heterocycles. The maximum absolute atomic E-state index is 10.5. The summed E-state index contributed by atoms with van der Waals surface area (Å²) in [6.07, 6.45) is 1.69. The molecule has 0 aliphatic rings. The highest BCUT2D eigenvalue weighted by atomic mass is 16.5. The number of rotatable bonds is 9. The summed E-state index contributed by atoms with van der Waals surface area (Å²) >= 11 is 0. The lowest BCUT2D eigenvalue weighted by molar-refractivity contribution is -0.893. The van der Waals surface area contributed by atoms with E-state index < -0.39 is 6.10 Å². The molecule has 0 aromatic heterocycles. The van der Waals surface area contributed by atoms with Crippen LogP contribution in [0.4, 0.5) is 0 Å². The van der Waals surface area contributed by atoms with Gasteiger partial charge in [0.25, 0.3) is 0 Å². The molecule has 0 saturated carbocycles. The Morgan fingerprint density at radius 3 is 2.41 bits per heavy atom. The molecule has 0 bridgehead atoms. The molecule has 0 amide bonds. The summed E-state index contributed by atoms with van der Waals surface area (Å²) < 4.78 is 6.73. The molecular formula is C24H30NO2+. The highest BCUT2D eigenvalue weighted by Gasteiger charge is 2.21. The van der Waals surface area contributed by atoms with Crippen molar-refractivity contribution in [2.45, 2.75) is 18.9 Å². The second-order valence-electron chi connectivity index (χ2n) is 7.87.